The molecule has 0 aromatic heterocycles. The highest BCUT2D eigenvalue weighted by atomic mass is 19.1. The quantitative estimate of drug-likeness (QED) is 0.756. The number of nitrogens with two attached hydrogens (primary N) is 1. The lowest BCUT2D eigenvalue weighted by molar-refractivity contribution is 0.0287. The Morgan fingerprint density at radius 1 is 1.32 bits per heavy atom. The molecule has 19 heavy (non-hydrogen) atoms. The Kier molecular flexibility index (Phi) is 2.93. The number of benzene rings is 1. The van der Waals surface area contributed by atoms with Gasteiger partial charge in [0, 0.05) is 17.8 Å². The molecule has 2 fully saturated rings. The van der Waals surface area contributed by atoms with Crippen LogP contribution < -0.4 is 5.73 Å². The number of halogens is 1. The van der Waals surface area contributed by atoms with Crippen molar-refractivity contribution >= 4 is 11.6 Å². The second kappa shape index (κ2) is 4.49. The number of carbonyl (C=O) groups excluding carboxylic acids is 1. The van der Waals surface area contributed by atoms with Crippen molar-refractivity contribution in [3.05, 3.63) is 29.6 Å². The van der Waals surface area contributed by atoms with Crippen molar-refractivity contribution in [3.8, 4) is 0 Å². The van der Waals surface area contributed by atoms with E-state index in [-0.39, 0.29) is 29.8 Å². The van der Waals surface area contributed by atoms with Gasteiger partial charge in [-0.25, -0.2) is 4.39 Å². The van der Waals surface area contributed by atoms with Gasteiger partial charge < -0.3 is 15.7 Å². The number of anilines is 1. The molecule has 0 saturated carbocycles. The minimum atomic E-state index is -0.439. The molecule has 5 heteroatoms. The number of hydrogen-bond acceptors (Lipinski definition) is 3. The van der Waals surface area contributed by atoms with E-state index in [2.05, 4.69) is 0 Å². The van der Waals surface area contributed by atoms with Gasteiger partial charge in [0.25, 0.3) is 5.91 Å². The van der Waals surface area contributed by atoms with Gasteiger partial charge in [-0.1, -0.05) is 0 Å². The molecule has 2 heterocycles. The summed E-state index contributed by atoms with van der Waals surface area (Å²) in [7, 11) is 0. The lowest BCUT2D eigenvalue weighted by Gasteiger charge is -2.37. The van der Waals surface area contributed by atoms with Gasteiger partial charge in [0.1, 0.15) is 5.82 Å². The molecule has 4 nitrogen and oxygen atoms in total. The van der Waals surface area contributed by atoms with Gasteiger partial charge in [-0.05, 0) is 43.9 Å². The molecule has 2 unspecified atom stereocenters. The van der Waals surface area contributed by atoms with Crippen LogP contribution in [0.15, 0.2) is 18.2 Å². The molecule has 1 amide bonds. The molecule has 2 bridgehead atoms. The number of nitrogens with zero attached hydrogens (tertiary/aromatic N) is 1. The fourth-order valence-corrected chi connectivity index (χ4v) is 3.35. The largest absolute Gasteiger partial charge is 0.398 e. The van der Waals surface area contributed by atoms with E-state index < -0.39 is 5.82 Å². The van der Waals surface area contributed by atoms with Crippen molar-refractivity contribution in [1.82, 2.24) is 4.90 Å². The number of hydrogen-bond donors (Lipinski definition) is 2. The Morgan fingerprint density at radius 2 is 1.95 bits per heavy atom. The summed E-state index contributed by atoms with van der Waals surface area (Å²) in [5.74, 6) is -0.581. The van der Waals surface area contributed by atoms with Gasteiger partial charge in [-0.3, -0.25) is 4.79 Å². The summed E-state index contributed by atoms with van der Waals surface area (Å²) < 4.78 is 13.0. The molecule has 2 saturated heterocycles. The third-order valence-electron chi connectivity index (χ3n) is 4.19. The van der Waals surface area contributed by atoms with Crippen LogP contribution in [0, 0.1) is 5.82 Å². The number of fused-ring (bicyclic) bond motifs is 2. The summed E-state index contributed by atoms with van der Waals surface area (Å²) in [6.45, 7) is 0. The molecule has 0 aliphatic carbocycles. The highest BCUT2D eigenvalue weighted by Gasteiger charge is 2.43. The van der Waals surface area contributed by atoms with Gasteiger partial charge in [0.05, 0.1) is 11.7 Å². The summed E-state index contributed by atoms with van der Waals surface area (Å²) in [6, 6.07) is 4.05. The fraction of sp³-hybridized carbons (Fsp3) is 0.500. The summed E-state index contributed by atoms with van der Waals surface area (Å²) >= 11 is 0. The first kappa shape index (κ1) is 12.4. The highest BCUT2D eigenvalue weighted by molar-refractivity contribution is 5.99. The number of rotatable bonds is 1. The molecule has 1 aromatic rings. The molecular formula is C14H17FN2O2. The third-order valence-corrected chi connectivity index (χ3v) is 4.19. The number of aliphatic hydroxyl groups is 1. The van der Waals surface area contributed by atoms with Gasteiger partial charge in [-0.15, -0.1) is 0 Å². The van der Waals surface area contributed by atoms with Gasteiger partial charge in [0.2, 0.25) is 0 Å². The minimum Gasteiger partial charge on any atom is -0.398 e. The number of aliphatic hydroxyl groups excluding tert-OH is 1. The minimum absolute atomic E-state index is 0.0886. The van der Waals surface area contributed by atoms with Crippen LogP contribution in [0.2, 0.25) is 0 Å². The number of carbonyl (C=O) groups is 1. The van der Waals surface area contributed by atoms with Gasteiger partial charge in [0.15, 0.2) is 0 Å². The first-order valence-corrected chi connectivity index (χ1v) is 6.62. The molecule has 3 N–H and O–H groups in total. The van der Waals surface area contributed by atoms with Crippen LogP contribution in [-0.2, 0) is 0 Å². The smallest absolute Gasteiger partial charge is 0.256 e. The molecule has 102 valence electrons. The SMILES string of the molecule is Nc1cc(F)ccc1C(=O)N1C2CCC1CC(O)C2. The third kappa shape index (κ3) is 2.08. The molecule has 0 spiro atoms. The molecule has 2 aliphatic rings. The maximum Gasteiger partial charge on any atom is 0.256 e. The van der Waals surface area contributed by atoms with E-state index in [4.69, 9.17) is 5.73 Å². The van der Waals surface area contributed by atoms with Crippen molar-refractivity contribution in [2.45, 2.75) is 43.9 Å². The van der Waals surface area contributed by atoms with Crippen molar-refractivity contribution < 1.29 is 14.3 Å². The van der Waals surface area contributed by atoms with Crippen LogP contribution in [0.25, 0.3) is 0 Å². The Hall–Kier alpha value is -1.62. The molecule has 0 radical (unpaired) electrons. The zero-order chi connectivity index (χ0) is 13.6. The van der Waals surface area contributed by atoms with Crippen LogP contribution in [0.4, 0.5) is 10.1 Å². The molecular weight excluding hydrogens is 247 g/mol. The van der Waals surface area contributed by atoms with Crippen LogP contribution in [-0.4, -0.2) is 34.1 Å². The number of piperidine rings is 1. The summed E-state index contributed by atoms with van der Waals surface area (Å²) in [5.41, 5.74) is 6.26. The topological polar surface area (TPSA) is 66.6 Å². The fourth-order valence-electron chi connectivity index (χ4n) is 3.35. The maximum absolute atomic E-state index is 13.0. The average molecular weight is 264 g/mol. The normalized spacial score (nSPS) is 29.6. The van der Waals surface area contributed by atoms with E-state index in [1.165, 1.54) is 18.2 Å². The second-order valence-corrected chi connectivity index (χ2v) is 5.45. The predicted octanol–water partition coefficient (Wildman–Crippen LogP) is 1.54. The summed E-state index contributed by atoms with van der Waals surface area (Å²) in [5, 5.41) is 9.74. The molecule has 3 rings (SSSR count). The summed E-state index contributed by atoms with van der Waals surface area (Å²) in [6.07, 6.45) is 2.79. The van der Waals surface area contributed by atoms with E-state index in [9.17, 15) is 14.3 Å². The molecule has 1 aromatic carbocycles. The number of nitrogen functional groups attached to an aromatic ring is 1. The van der Waals surface area contributed by atoms with Crippen LogP contribution in [0.5, 0.6) is 0 Å². The first-order chi connectivity index (χ1) is 9.06. The molecule has 2 aliphatic heterocycles. The monoisotopic (exact) mass is 264 g/mol. The Balaban J connectivity index is 1.88. The Bertz CT molecular complexity index is 506. The van der Waals surface area contributed by atoms with Crippen molar-refractivity contribution in [1.29, 1.82) is 0 Å². The van der Waals surface area contributed by atoms with E-state index >= 15 is 0 Å². The van der Waals surface area contributed by atoms with E-state index in [0.29, 0.717) is 18.4 Å². The van der Waals surface area contributed by atoms with Crippen LogP contribution >= 0.6 is 0 Å². The zero-order valence-corrected chi connectivity index (χ0v) is 10.6. The summed E-state index contributed by atoms with van der Waals surface area (Å²) in [4.78, 5) is 14.4. The number of amides is 1. The first-order valence-electron chi connectivity index (χ1n) is 6.62. The highest BCUT2D eigenvalue weighted by Crippen LogP contribution is 2.37. The molecule has 2 atom stereocenters. The van der Waals surface area contributed by atoms with E-state index in [0.717, 1.165) is 12.8 Å². The van der Waals surface area contributed by atoms with Crippen molar-refractivity contribution in [3.63, 3.8) is 0 Å². The lowest BCUT2D eigenvalue weighted by atomic mass is 9.98. The standard InChI is InChI=1S/C14H17FN2O2/c15-8-1-4-12(13(16)5-8)14(19)17-9-2-3-10(17)7-11(18)6-9/h1,4-5,9-11,18H,2-3,6-7,16H2. The predicted molar refractivity (Wildman–Crippen MR) is 69.0 cm³/mol. The van der Waals surface area contributed by atoms with Crippen molar-refractivity contribution in [2.24, 2.45) is 0 Å². The van der Waals surface area contributed by atoms with Gasteiger partial charge >= 0.3 is 0 Å². The Morgan fingerprint density at radius 3 is 2.53 bits per heavy atom. The Labute approximate surface area is 111 Å². The maximum atomic E-state index is 13.0. The second-order valence-electron chi connectivity index (χ2n) is 5.45. The lowest BCUT2D eigenvalue weighted by Crippen LogP contribution is -2.48. The van der Waals surface area contributed by atoms with E-state index in [1.807, 2.05) is 4.90 Å². The van der Waals surface area contributed by atoms with Gasteiger partial charge in [-0.2, -0.15) is 0 Å². The van der Waals surface area contributed by atoms with Crippen LogP contribution in [0.1, 0.15) is 36.0 Å². The zero-order valence-electron chi connectivity index (χ0n) is 10.6. The van der Waals surface area contributed by atoms with Crippen LogP contribution in [0.3, 0.4) is 0 Å². The van der Waals surface area contributed by atoms with Crippen molar-refractivity contribution in [2.75, 3.05) is 5.73 Å². The average Bonchev–Trinajstić information content (AvgIpc) is 2.61. The van der Waals surface area contributed by atoms with E-state index in [1.54, 1.807) is 0 Å².